The van der Waals surface area contributed by atoms with Crippen LogP contribution in [0.5, 0.6) is 5.75 Å². The highest BCUT2D eigenvalue weighted by atomic mass is 35.5. The van der Waals surface area contributed by atoms with Crippen molar-refractivity contribution in [1.29, 1.82) is 0 Å². The van der Waals surface area contributed by atoms with Gasteiger partial charge in [0.2, 0.25) is 0 Å². The number of hydrogen-bond donors (Lipinski definition) is 1. The summed E-state index contributed by atoms with van der Waals surface area (Å²) in [7, 11) is 0. The number of non-ortho nitro benzene ring substituents is 1. The summed E-state index contributed by atoms with van der Waals surface area (Å²) in [5, 5.41) is 11.5. The number of nitro benzene ring substituents is 1. The molecule has 25 heavy (non-hydrogen) atoms. The molecule has 0 saturated heterocycles. The zero-order valence-corrected chi connectivity index (χ0v) is 14.4. The van der Waals surface area contributed by atoms with Crippen molar-refractivity contribution in [3.05, 3.63) is 60.0 Å². The number of rotatable bonds is 4. The van der Waals surface area contributed by atoms with E-state index in [1.165, 1.54) is 23.1 Å². The monoisotopic (exact) mass is 377 g/mol. The largest absolute Gasteiger partial charge is 0.484 e. The van der Waals surface area contributed by atoms with E-state index in [0.717, 1.165) is 29.7 Å². The van der Waals surface area contributed by atoms with E-state index >= 15 is 0 Å². The number of aryl methyl sites for hydroxylation is 2. The lowest BCUT2D eigenvalue weighted by Crippen LogP contribution is -2.13. The van der Waals surface area contributed by atoms with E-state index in [0.29, 0.717) is 17.0 Å². The summed E-state index contributed by atoms with van der Waals surface area (Å²) in [5.74, 6) is 0.690. The molecule has 0 atom stereocenters. The van der Waals surface area contributed by atoms with Crippen LogP contribution in [0.4, 0.5) is 5.69 Å². The van der Waals surface area contributed by atoms with Gasteiger partial charge in [-0.25, -0.2) is 4.98 Å². The van der Waals surface area contributed by atoms with Gasteiger partial charge in [0.05, 0.1) is 15.3 Å². The number of halogens is 1. The minimum Gasteiger partial charge on any atom is -0.484 e. The molecule has 9 heteroatoms. The second-order valence-corrected chi connectivity index (χ2v) is 7.20. The van der Waals surface area contributed by atoms with Gasteiger partial charge < -0.3 is 9.72 Å². The summed E-state index contributed by atoms with van der Waals surface area (Å²) in [5.41, 5.74) is 0.857. The number of nitrogens with zero attached hydrogens (tertiary/aromatic N) is 2. The predicted molar refractivity (Wildman–Crippen MR) is 94.7 cm³/mol. The Balaban J connectivity index is 1.59. The molecule has 128 valence electrons. The average molecular weight is 378 g/mol. The van der Waals surface area contributed by atoms with Gasteiger partial charge in [-0.1, -0.05) is 11.6 Å². The molecule has 0 bridgehead atoms. The third kappa shape index (κ3) is 2.87. The van der Waals surface area contributed by atoms with Crippen LogP contribution in [-0.2, 0) is 19.4 Å². The quantitative estimate of drug-likeness (QED) is 0.553. The number of ether oxygens (including phenoxy) is 1. The van der Waals surface area contributed by atoms with Gasteiger partial charge in [0.25, 0.3) is 11.2 Å². The van der Waals surface area contributed by atoms with Crippen molar-refractivity contribution in [2.24, 2.45) is 0 Å². The van der Waals surface area contributed by atoms with Crippen LogP contribution in [0, 0.1) is 10.1 Å². The summed E-state index contributed by atoms with van der Waals surface area (Å²) >= 11 is 7.55. The zero-order chi connectivity index (χ0) is 17.6. The third-order valence-electron chi connectivity index (χ3n) is 4.11. The van der Waals surface area contributed by atoms with Gasteiger partial charge in [0, 0.05) is 17.0 Å². The molecule has 3 aromatic rings. The highest BCUT2D eigenvalue weighted by Gasteiger charge is 2.21. The summed E-state index contributed by atoms with van der Waals surface area (Å²) < 4.78 is 5.56. The number of aromatic amines is 1. The minimum atomic E-state index is -0.529. The molecule has 1 aliphatic rings. The highest BCUT2D eigenvalue weighted by molar-refractivity contribution is 7.18. The van der Waals surface area contributed by atoms with E-state index in [1.54, 1.807) is 11.3 Å². The van der Waals surface area contributed by atoms with Crippen molar-refractivity contribution >= 4 is 38.8 Å². The van der Waals surface area contributed by atoms with Crippen molar-refractivity contribution in [3.63, 3.8) is 0 Å². The Labute approximate surface area is 150 Å². The van der Waals surface area contributed by atoms with Gasteiger partial charge >= 0.3 is 0 Å². The van der Waals surface area contributed by atoms with E-state index in [2.05, 4.69) is 9.97 Å². The number of fused-ring (bicyclic) bond motifs is 3. The van der Waals surface area contributed by atoms with Crippen LogP contribution in [0.1, 0.15) is 22.7 Å². The van der Waals surface area contributed by atoms with Gasteiger partial charge in [0.1, 0.15) is 23.0 Å². The topological polar surface area (TPSA) is 98.1 Å². The molecule has 0 aliphatic heterocycles. The molecule has 1 aromatic carbocycles. The van der Waals surface area contributed by atoms with Gasteiger partial charge in [-0.05, 0) is 30.9 Å². The molecule has 1 N–H and O–H groups in total. The lowest BCUT2D eigenvalue weighted by atomic mass is 10.2. The predicted octanol–water partition coefficient (Wildman–Crippen LogP) is 3.61. The summed E-state index contributed by atoms with van der Waals surface area (Å²) in [4.78, 5) is 31.8. The minimum absolute atomic E-state index is 0.0191. The average Bonchev–Trinajstić information content (AvgIpc) is 3.13. The molecule has 0 fully saturated rings. The molecule has 2 aromatic heterocycles. The van der Waals surface area contributed by atoms with E-state index < -0.39 is 4.92 Å². The fraction of sp³-hybridized carbons (Fsp3) is 0.250. The van der Waals surface area contributed by atoms with Crippen molar-refractivity contribution in [2.75, 3.05) is 0 Å². The number of hydrogen-bond acceptors (Lipinski definition) is 6. The van der Waals surface area contributed by atoms with E-state index in [1.807, 2.05) is 0 Å². The van der Waals surface area contributed by atoms with Crippen molar-refractivity contribution < 1.29 is 9.66 Å². The van der Waals surface area contributed by atoms with E-state index in [4.69, 9.17) is 16.3 Å². The van der Waals surface area contributed by atoms with E-state index in [9.17, 15) is 14.9 Å². The first-order chi connectivity index (χ1) is 12.0. The molecule has 0 amide bonds. The van der Waals surface area contributed by atoms with Crippen LogP contribution in [0.25, 0.3) is 10.2 Å². The van der Waals surface area contributed by atoms with E-state index in [-0.39, 0.29) is 22.9 Å². The molecule has 7 nitrogen and oxygen atoms in total. The number of aromatic nitrogens is 2. The van der Waals surface area contributed by atoms with Gasteiger partial charge in [-0.3, -0.25) is 14.9 Å². The summed E-state index contributed by atoms with van der Waals surface area (Å²) in [6.45, 7) is 0.0191. The second-order valence-electron chi connectivity index (χ2n) is 5.71. The Bertz CT molecular complexity index is 1060. The standard InChI is InChI=1S/C16H12ClN3O4S/c17-10-6-8(20(22)23)4-5-11(10)24-7-13-18-15(21)14-9-2-1-3-12(9)25-16(14)19-13/h4-6H,1-3,7H2,(H,18,19,21). The third-order valence-corrected chi connectivity index (χ3v) is 5.60. The number of benzene rings is 1. The Morgan fingerprint density at radius 2 is 2.24 bits per heavy atom. The number of nitro groups is 1. The molecule has 0 radical (unpaired) electrons. The Morgan fingerprint density at radius 3 is 3.00 bits per heavy atom. The van der Waals surface area contributed by atoms with Crippen LogP contribution in [0.15, 0.2) is 23.0 Å². The molecule has 2 heterocycles. The van der Waals surface area contributed by atoms with Gasteiger partial charge in [-0.2, -0.15) is 0 Å². The molecule has 0 saturated carbocycles. The first-order valence-electron chi connectivity index (χ1n) is 7.63. The number of nitrogens with one attached hydrogen (secondary N) is 1. The maximum atomic E-state index is 12.4. The Hall–Kier alpha value is -2.45. The summed E-state index contributed by atoms with van der Waals surface area (Å²) in [6, 6.07) is 3.96. The van der Waals surface area contributed by atoms with Crippen LogP contribution in [0.2, 0.25) is 5.02 Å². The number of thiophene rings is 1. The Kier molecular flexibility index (Phi) is 3.93. The zero-order valence-electron chi connectivity index (χ0n) is 12.9. The normalized spacial score (nSPS) is 13.2. The maximum absolute atomic E-state index is 12.4. The second kappa shape index (κ2) is 6.12. The SMILES string of the molecule is O=c1[nH]c(COc2ccc([N+](=O)[O-])cc2Cl)nc2sc3c(c12)CCC3. The van der Waals surface area contributed by atoms with Crippen LogP contribution >= 0.6 is 22.9 Å². The van der Waals surface area contributed by atoms with Gasteiger partial charge in [-0.15, -0.1) is 11.3 Å². The molecule has 4 rings (SSSR count). The lowest BCUT2D eigenvalue weighted by molar-refractivity contribution is -0.384. The maximum Gasteiger partial charge on any atom is 0.271 e. The van der Waals surface area contributed by atoms with Crippen LogP contribution in [-0.4, -0.2) is 14.9 Å². The molecule has 1 aliphatic carbocycles. The molecule has 0 spiro atoms. The van der Waals surface area contributed by atoms with Crippen molar-refractivity contribution in [2.45, 2.75) is 25.9 Å². The fourth-order valence-electron chi connectivity index (χ4n) is 2.98. The number of H-pyrrole nitrogens is 1. The molecular weight excluding hydrogens is 366 g/mol. The first-order valence-corrected chi connectivity index (χ1v) is 8.82. The Morgan fingerprint density at radius 1 is 1.40 bits per heavy atom. The van der Waals surface area contributed by atoms with Crippen LogP contribution < -0.4 is 10.3 Å². The first kappa shape index (κ1) is 16.0. The van der Waals surface area contributed by atoms with Crippen molar-refractivity contribution in [3.8, 4) is 5.75 Å². The lowest BCUT2D eigenvalue weighted by Gasteiger charge is -2.07. The fourth-order valence-corrected chi connectivity index (χ4v) is 4.49. The molecular formula is C16H12ClN3O4S. The van der Waals surface area contributed by atoms with Crippen molar-refractivity contribution in [1.82, 2.24) is 9.97 Å². The smallest absolute Gasteiger partial charge is 0.271 e. The molecule has 0 unspecified atom stereocenters. The van der Waals surface area contributed by atoms with Gasteiger partial charge in [0.15, 0.2) is 0 Å². The van der Waals surface area contributed by atoms with Crippen LogP contribution in [0.3, 0.4) is 0 Å². The summed E-state index contributed by atoms with van der Waals surface area (Å²) in [6.07, 6.45) is 3.01. The highest BCUT2D eigenvalue weighted by Crippen LogP contribution is 2.34.